The molecule has 0 bridgehead atoms. The van der Waals surface area contributed by atoms with Gasteiger partial charge in [0.15, 0.2) is 0 Å². The Labute approximate surface area is 201 Å². The maximum Gasteiger partial charge on any atom is 0.261 e. The Balaban J connectivity index is 1.30. The summed E-state index contributed by atoms with van der Waals surface area (Å²) in [5, 5.41) is 5.49. The number of furan rings is 1. The van der Waals surface area contributed by atoms with Gasteiger partial charge in [-0.3, -0.25) is 24.1 Å². The molecule has 1 saturated heterocycles. The van der Waals surface area contributed by atoms with Crippen LogP contribution >= 0.6 is 0 Å². The van der Waals surface area contributed by atoms with Crippen molar-refractivity contribution < 1.29 is 28.3 Å². The van der Waals surface area contributed by atoms with E-state index in [1.54, 1.807) is 36.4 Å². The van der Waals surface area contributed by atoms with Gasteiger partial charge in [0.25, 0.3) is 23.6 Å². The number of fused-ring (bicyclic) bond motifs is 1. The first-order valence-corrected chi connectivity index (χ1v) is 11.3. The van der Waals surface area contributed by atoms with Crippen LogP contribution in [0.1, 0.15) is 60.0 Å². The van der Waals surface area contributed by atoms with E-state index in [4.69, 9.17) is 9.15 Å². The lowest BCUT2D eigenvalue weighted by Crippen LogP contribution is -2.36. The van der Waals surface area contributed by atoms with E-state index in [0.717, 1.165) is 12.8 Å². The Morgan fingerprint density at radius 3 is 2.57 bits per heavy atom. The highest BCUT2D eigenvalue weighted by molar-refractivity contribution is 6.22. The van der Waals surface area contributed by atoms with Crippen LogP contribution in [0.2, 0.25) is 0 Å². The van der Waals surface area contributed by atoms with Gasteiger partial charge in [0.1, 0.15) is 5.76 Å². The van der Waals surface area contributed by atoms with Crippen LogP contribution < -0.4 is 10.6 Å². The first-order valence-electron chi connectivity index (χ1n) is 11.3. The van der Waals surface area contributed by atoms with Gasteiger partial charge >= 0.3 is 0 Å². The van der Waals surface area contributed by atoms with E-state index >= 15 is 0 Å². The zero-order valence-corrected chi connectivity index (χ0v) is 18.8. The fourth-order valence-corrected chi connectivity index (χ4v) is 4.25. The van der Waals surface area contributed by atoms with Crippen LogP contribution in [0.5, 0.6) is 0 Å². The van der Waals surface area contributed by atoms with Crippen LogP contribution in [0.15, 0.2) is 65.3 Å². The van der Waals surface area contributed by atoms with Crippen LogP contribution in [-0.2, 0) is 11.3 Å². The minimum atomic E-state index is -0.503. The molecule has 2 aromatic carbocycles. The highest BCUT2D eigenvalue weighted by atomic mass is 16.5. The molecule has 35 heavy (non-hydrogen) atoms. The summed E-state index contributed by atoms with van der Waals surface area (Å²) in [5.41, 5.74) is 1.25. The van der Waals surface area contributed by atoms with E-state index < -0.39 is 11.8 Å². The van der Waals surface area contributed by atoms with Gasteiger partial charge in [-0.2, -0.15) is 0 Å². The summed E-state index contributed by atoms with van der Waals surface area (Å²) in [6, 6.07) is 14.5. The number of nitrogens with one attached hydrogen (secondary N) is 2. The van der Waals surface area contributed by atoms with E-state index in [9.17, 15) is 19.2 Å². The highest BCUT2D eigenvalue weighted by Crippen LogP contribution is 2.27. The molecule has 178 valence electrons. The third-order valence-corrected chi connectivity index (χ3v) is 6.07. The minimum absolute atomic E-state index is 0.157. The first kappa shape index (κ1) is 22.5. The second-order valence-corrected chi connectivity index (χ2v) is 8.38. The molecule has 2 aliphatic rings. The van der Waals surface area contributed by atoms with Gasteiger partial charge in [-0.05, 0) is 55.3 Å². The fourth-order valence-electron chi connectivity index (χ4n) is 4.25. The van der Waals surface area contributed by atoms with Crippen molar-refractivity contribution in [2.45, 2.75) is 25.5 Å². The van der Waals surface area contributed by atoms with E-state index in [2.05, 4.69) is 10.6 Å². The summed E-state index contributed by atoms with van der Waals surface area (Å²) in [4.78, 5) is 52.5. The number of rotatable bonds is 7. The number of hydrogen-bond acceptors (Lipinski definition) is 6. The zero-order valence-electron chi connectivity index (χ0n) is 18.8. The predicted molar refractivity (Wildman–Crippen MR) is 125 cm³/mol. The average molecular weight is 473 g/mol. The molecule has 1 aromatic heterocycles. The van der Waals surface area contributed by atoms with Gasteiger partial charge < -0.3 is 19.8 Å². The Morgan fingerprint density at radius 1 is 0.971 bits per heavy atom. The van der Waals surface area contributed by atoms with Crippen molar-refractivity contribution in [3.05, 3.63) is 88.9 Å². The normalized spacial score (nSPS) is 16.9. The summed E-state index contributed by atoms with van der Waals surface area (Å²) < 4.78 is 10.8. The lowest BCUT2D eigenvalue weighted by molar-refractivity contribution is 0.0475. The Bertz CT molecular complexity index is 1290. The zero-order chi connectivity index (χ0) is 24.4. The monoisotopic (exact) mass is 473 g/mol. The number of imide groups is 1. The third kappa shape index (κ3) is 4.58. The minimum Gasteiger partial charge on any atom is -0.467 e. The number of benzene rings is 2. The Kier molecular flexibility index (Phi) is 6.15. The van der Waals surface area contributed by atoms with Gasteiger partial charge in [0.2, 0.25) is 0 Å². The van der Waals surface area contributed by atoms with Crippen LogP contribution in [0.3, 0.4) is 0 Å². The van der Waals surface area contributed by atoms with Crippen molar-refractivity contribution in [3.8, 4) is 0 Å². The molecule has 5 rings (SSSR count). The second kappa shape index (κ2) is 9.55. The molecule has 2 N–H and O–H groups in total. The largest absolute Gasteiger partial charge is 0.467 e. The van der Waals surface area contributed by atoms with Crippen molar-refractivity contribution in [2.75, 3.05) is 18.5 Å². The number of carbonyl (C=O) groups is 4. The topological polar surface area (TPSA) is 118 Å². The van der Waals surface area contributed by atoms with Gasteiger partial charge in [-0.15, -0.1) is 0 Å². The van der Waals surface area contributed by atoms with Crippen LogP contribution in [-0.4, -0.2) is 47.8 Å². The smallest absolute Gasteiger partial charge is 0.261 e. The standard InChI is InChI=1S/C26H23N3O6/c30-23(28-22-8-2-1-7-20(22)24(31)27-14-17-5-3-11-34-17)16-9-10-19-21(13-16)26(33)29(25(19)32)15-18-6-4-12-35-18/h1-3,5,7-11,13,18H,4,6,12,14-15H2,(H,27,31)(H,28,30). The van der Waals surface area contributed by atoms with Crippen LogP contribution in [0.4, 0.5) is 5.69 Å². The number of ether oxygens (including phenoxy) is 1. The molecular weight excluding hydrogens is 450 g/mol. The van der Waals surface area contributed by atoms with E-state index in [-0.39, 0.29) is 53.3 Å². The van der Waals surface area contributed by atoms with Gasteiger partial charge in [-0.1, -0.05) is 12.1 Å². The van der Waals surface area contributed by atoms with E-state index in [1.807, 2.05) is 0 Å². The van der Waals surface area contributed by atoms with Crippen molar-refractivity contribution in [2.24, 2.45) is 0 Å². The molecular formula is C26H23N3O6. The number of amides is 4. The highest BCUT2D eigenvalue weighted by Gasteiger charge is 2.38. The molecule has 9 heteroatoms. The van der Waals surface area contributed by atoms with Crippen molar-refractivity contribution >= 4 is 29.3 Å². The third-order valence-electron chi connectivity index (χ3n) is 6.07. The quantitative estimate of drug-likeness (QED) is 0.509. The number of hydrogen-bond donors (Lipinski definition) is 2. The molecule has 2 aliphatic heterocycles. The molecule has 1 fully saturated rings. The molecule has 1 atom stereocenters. The van der Waals surface area contributed by atoms with Crippen molar-refractivity contribution in [1.82, 2.24) is 10.2 Å². The Morgan fingerprint density at radius 2 is 1.80 bits per heavy atom. The molecule has 4 amide bonds. The summed E-state index contributed by atoms with van der Waals surface area (Å²) in [7, 11) is 0. The fraction of sp³-hybridized carbons (Fsp3) is 0.231. The molecule has 0 saturated carbocycles. The number of carbonyl (C=O) groups excluding carboxylic acids is 4. The summed E-state index contributed by atoms with van der Waals surface area (Å²) in [6.07, 6.45) is 3.07. The SMILES string of the molecule is O=C(Nc1ccccc1C(=O)NCc1ccco1)c1ccc2c(c1)C(=O)N(CC1CCCO1)C2=O. The van der Waals surface area contributed by atoms with Crippen molar-refractivity contribution in [1.29, 1.82) is 0 Å². The molecule has 0 aliphatic carbocycles. The van der Waals surface area contributed by atoms with E-state index in [0.29, 0.717) is 18.1 Å². The summed E-state index contributed by atoms with van der Waals surface area (Å²) in [6.45, 7) is 1.03. The number of anilines is 1. The number of nitrogens with zero attached hydrogens (tertiary/aromatic N) is 1. The molecule has 0 radical (unpaired) electrons. The van der Waals surface area contributed by atoms with E-state index in [1.165, 1.54) is 29.4 Å². The van der Waals surface area contributed by atoms with Gasteiger partial charge in [0, 0.05) is 12.2 Å². The predicted octanol–water partition coefficient (Wildman–Crippen LogP) is 3.24. The summed E-state index contributed by atoms with van der Waals surface area (Å²) in [5.74, 6) is -1.10. The maximum atomic E-state index is 13.0. The second-order valence-electron chi connectivity index (χ2n) is 8.38. The summed E-state index contributed by atoms with van der Waals surface area (Å²) >= 11 is 0. The van der Waals surface area contributed by atoms with Gasteiger partial charge in [0.05, 0.1) is 47.8 Å². The lowest BCUT2D eigenvalue weighted by Gasteiger charge is -2.17. The first-order chi connectivity index (χ1) is 17.0. The van der Waals surface area contributed by atoms with Gasteiger partial charge in [-0.25, -0.2) is 0 Å². The lowest BCUT2D eigenvalue weighted by atomic mass is 10.0. The molecule has 0 spiro atoms. The van der Waals surface area contributed by atoms with Crippen LogP contribution in [0.25, 0.3) is 0 Å². The molecule has 1 unspecified atom stereocenters. The average Bonchev–Trinajstić information content (AvgIpc) is 3.63. The van der Waals surface area contributed by atoms with Crippen LogP contribution in [0, 0.1) is 0 Å². The maximum absolute atomic E-state index is 13.0. The Hall–Kier alpha value is -4.24. The number of para-hydroxylation sites is 1. The molecule has 3 heterocycles. The van der Waals surface area contributed by atoms with Crippen molar-refractivity contribution in [3.63, 3.8) is 0 Å². The molecule has 3 aromatic rings. The molecule has 9 nitrogen and oxygen atoms in total.